The summed E-state index contributed by atoms with van der Waals surface area (Å²) < 4.78 is 0. The third-order valence-electron chi connectivity index (χ3n) is 2.76. The zero-order valence-corrected chi connectivity index (χ0v) is 14.9. The quantitative estimate of drug-likeness (QED) is 0.215. The molecule has 0 bridgehead atoms. The van der Waals surface area contributed by atoms with Crippen molar-refractivity contribution in [2.24, 2.45) is 0 Å². The van der Waals surface area contributed by atoms with Gasteiger partial charge in [-0.3, -0.25) is 0 Å². The van der Waals surface area contributed by atoms with Gasteiger partial charge in [0.05, 0.1) is 0 Å². The Morgan fingerprint density at radius 2 is 1.12 bits per heavy atom. The fraction of sp³-hybridized carbons (Fsp3) is 1.00. The van der Waals surface area contributed by atoms with Crippen LogP contribution in [0.3, 0.4) is 0 Å². The van der Waals surface area contributed by atoms with Gasteiger partial charge in [-0.25, -0.2) is 0 Å². The van der Waals surface area contributed by atoms with E-state index >= 15 is 0 Å². The predicted octanol–water partition coefficient (Wildman–Crippen LogP) is 6.79. The first kappa shape index (κ1) is 18.4. The second kappa shape index (κ2) is 12.5. The lowest BCUT2D eigenvalue weighted by Gasteiger charge is -2.06. The van der Waals surface area contributed by atoms with E-state index in [1.54, 1.807) is 11.2 Å². The zero-order valence-electron chi connectivity index (χ0n) is 10.8. The van der Waals surface area contributed by atoms with Gasteiger partial charge in [-0.15, -0.1) is 44.4 Å². The summed E-state index contributed by atoms with van der Waals surface area (Å²) in [5.74, 6) is 1.01. The molecule has 0 atom stereocenters. The lowest BCUT2D eigenvalue weighted by molar-refractivity contribution is 0.563. The Balaban J connectivity index is 2.99. The van der Waals surface area contributed by atoms with Crippen LogP contribution in [0, 0.1) is 0 Å². The van der Waals surface area contributed by atoms with E-state index in [0.29, 0.717) is 0 Å². The van der Waals surface area contributed by atoms with E-state index in [4.69, 9.17) is 33.2 Å². The van der Waals surface area contributed by atoms with E-state index in [9.17, 15) is 0 Å². The van der Waals surface area contributed by atoms with Gasteiger partial charge in [-0.2, -0.15) is 0 Å². The van der Waals surface area contributed by atoms with Crippen molar-refractivity contribution in [3.63, 3.8) is 0 Å². The average molecular weight is 336 g/mol. The predicted molar refractivity (Wildman–Crippen MR) is 87.6 cm³/mol. The minimum atomic E-state index is -2.42. The molecular formula is C12H25Cl3SSi. The number of hydrogen-bond donors (Lipinski definition) is 0. The molecule has 5 heteroatoms. The molecule has 0 aliphatic rings. The topological polar surface area (TPSA) is 0 Å². The van der Waals surface area contributed by atoms with Gasteiger partial charge >= 0.3 is 5.15 Å². The summed E-state index contributed by atoms with van der Waals surface area (Å²) in [5.41, 5.74) is 0. The fourth-order valence-corrected chi connectivity index (χ4v) is 5.57. The third-order valence-corrected chi connectivity index (χ3v) is 8.12. The maximum Gasteiger partial charge on any atom is 0.404 e. The summed E-state index contributed by atoms with van der Waals surface area (Å²) >= 11 is 18.9. The lowest BCUT2D eigenvalue weighted by Crippen LogP contribution is -2.03. The van der Waals surface area contributed by atoms with Crippen LogP contribution in [0.25, 0.3) is 0 Å². The van der Waals surface area contributed by atoms with E-state index in [1.165, 1.54) is 64.2 Å². The van der Waals surface area contributed by atoms with Gasteiger partial charge in [0.25, 0.3) is 0 Å². The molecule has 0 spiro atoms. The Hall–Kier alpha value is 1.44. The molecule has 0 radical (unpaired) electrons. The van der Waals surface area contributed by atoms with Crippen molar-refractivity contribution in [2.45, 2.75) is 71.1 Å². The van der Waals surface area contributed by atoms with Crippen molar-refractivity contribution >= 4 is 49.6 Å². The van der Waals surface area contributed by atoms with Crippen LogP contribution in [0.15, 0.2) is 0 Å². The molecule has 0 aromatic rings. The molecule has 0 nitrogen and oxygen atoms in total. The van der Waals surface area contributed by atoms with Crippen molar-refractivity contribution in [2.75, 3.05) is 5.75 Å². The molecule has 17 heavy (non-hydrogen) atoms. The van der Waals surface area contributed by atoms with E-state index < -0.39 is 5.15 Å². The van der Waals surface area contributed by atoms with Crippen molar-refractivity contribution in [3.05, 3.63) is 0 Å². The van der Waals surface area contributed by atoms with Crippen LogP contribution in [0.2, 0.25) is 0 Å². The average Bonchev–Trinajstić information content (AvgIpc) is 2.24. The van der Waals surface area contributed by atoms with Crippen molar-refractivity contribution in [3.8, 4) is 0 Å². The van der Waals surface area contributed by atoms with Gasteiger partial charge < -0.3 is 0 Å². The summed E-state index contributed by atoms with van der Waals surface area (Å²) in [6.45, 7) is 2.26. The van der Waals surface area contributed by atoms with Crippen LogP contribution in [0.1, 0.15) is 71.1 Å². The Bertz CT molecular complexity index is 162. The first-order valence-electron chi connectivity index (χ1n) is 6.77. The maximum absolute atomic E-state index is 5.79. The maximum atomic E-state index is 5.79. The van der Waals surface area contributed by atoms with E-state index in [-0.39, 0.29) is 0 Å². The molecule has 0 unspecified atom stereocenters. The van der Waals surface area contributed by atoms with E-state index in [1.807, 2.05) is 0 Å². The highest BCUT2D eigenvalue weighted by atomic mass is 35.9. The molecule has 0 amide bonds. The molecule has 0 fully saturated rings. The van der Waals surface area contributed by atoms with Gasteiger partial charge in [-0.1, -0.05) is 64.7 Å². The normalized spacial score (nSPS) is 12.0. The summed E-state index contributed by atoms with van der Waals surface area (Å²) in [6, 6.07) is 0. The first-order valence-corrected chi connectivity index (χ1v) is 13.5. The van der Waals surface area contributed by atoms with Gasteiger partial charge in [0.2, 0.25) is 0 Å². The number of rotatable bonds is 12. The Morgan fingerprint density at radius 3 is 1.53 bits per heavy atom. The van der Waals surface area contributed by atoms with Crippen LogP contribution in [-0.4, -0.2) is 10.9 Å². The second-order valence-corrected chi connectivity index (χ2v) is 17.6. The lowest BCUT2D eigenvalue weighted by atomic mass is 10.1. The summed E-state index contributed by atoms with van der Waals surface area (Å²) in [6.07, 6.45) is 13.6. The molecule has 0 aromatic heterocycles. The molecule has 0 N–H and O–H groups in total. The first-order chi connectivity index (χ1) is 8.06. The van der Waals surface area contributed by atoms with Gasteiger partial charge in [0, 0.05) is 0 Å². The zero-order chi connectivity index (χ0) is 13.0. The molecule has 0 aliphatic heterocycles. The SMILES string of the molecule is CCCCCCCCCCCCS[Si](Cl)(Cl)Cl. The van der Waals surface area contributed by atoms with Gasteiger partial charge in [0.1, 0.15) is 0 Å². The van der Waals surface area contributed by atoms with Crippen LogP contribution in [-0.2, 0) is 0 Å². The van der Waals surface area contributed by atoms with Gasteiger partial charge in [-0.05, 0) is 12.2 Å². The van der Waals surface area contributed by atoms with Crippen LogP contribution in [0.4, 0.5) is 0 Å². The highest BCUT2D eigenvalue weighted by Crippen LogP contribution is 2.33. The molecule has 0 heterocycles. The summed E-state index contributed by atoms with van der Waals surface area (Å²) in [4.78, 5) is 0. The van der Waals surface area contributed by atoms with Gasteiger partial charge in [0.15, 0.2) is 0 Å². The monoisotopic (exact) mass is 334 g/mol. The Morgan fingerprint density at radius 1 is 0.706 bits per heavy atom. The highest BCUT2D eigenvalue weighted by Gasteiger charge is 2.24. The van der Waals surface area contributed by atoms with Crippen LogP contribution < -0.4 is 0 Å². The molecule has 104 valence electrons. The largest absolute Gasteiger partial charge is 0.404 e. The van der Waals surface area contributed by atoms with Crippen molar-refractivity contribution in [1.82, 2.24) is 0 Å². The Kier molecular flexibility index (Phi) is 13.5. The third kappa shape index (κ3) is 17.4. The smallest absolute Gasteiger partial charge is 0.138 e. The number of halogens is 3. The van der Waals surface area contributed by atoms with Crippen LogP contribution in [0.5, 0.6) is 0 Å². The standard InChI is InChI=1S/C12H25Cl3SSi/c1-2-3-4-5-6-7-8-9-10-11-12-16-17(13,14)15/h2-12H2,1H3. The minimum Gasteiger partial charge on any atom is -0.138 e. The summed E-state index contributed by atoms with van der Waals surface area (Å²) in [7, 11) is 0. The van der Waals surface area contributed by atoms with Crippen molar-refractivity contribution in [1.29, 1.82) is 0 Å². The van der Waals surface area contributed by atoms with Crippen molar-refractivity contribution < 1.29 is 0 Å². The molecule has 0 aromatic carbocycles. The fourth-order valence-electron chi connectivity index (χ4n) is 1.78. The van der Waals surface area contributed by atoms with Crippen LogP contribution >= 0.6 is 44.4 Å². The Labute approximate surface area is 126 Å². The minimum absolute atomic E-state index is 1.01. The van der Waals surface area contributed by atoms with E-state index in [2.05, 4.69) is 6.92 Å². The molecule has 0 saturated carbocycles. The summed E-state index contributed by atoms with van der Waals surface area (Å²) in [5, 5.41) is -2.42. The van der Waals surface area contributed by atoms with E-state index in [0.717, 1.165) is 5.75 Å². The molecule has 0 saturated heterocycles. The molecule has 0 rings (SSSR count). The number of unbranched alkanes of at least 4 members (excludes halogenated alkanes) is 9. The second-order valence-electron chi connectivity index (χ2n) is 4.48. The highest BCUT2D eigenvalue weighted by molar-refractivity contribution is 8.43. The number of hydrogen-bond acceptors (Lipinski definition) is 1. The molecule has 0 aliphatic carbocycles. The molecular weight excluding hydrogens is 311 g/mol.